The molecule has 1 aliphatic rings. The van der Waals surface area contributed by atoms with Crippen LogP contribution in [-0.2, 0) is 25.9 Å². The second-order valence-corrected chi connectivity index (χ2v) is 2.95. The third-order valence-electron chi connectivity index (χ3n) is 2.20. The van der Waals surface area contributed by atoms with Crippen LogP contribution in [0, 0.1) is 7.43 Å². The van der Waals surface area contributed by atoms with E-state index in [1.54, 1.807) is 0 Å². The molecule has 13 heavy (non-hydrogen) atoms. The Hall–Kier alpha value is -0.237. The Labute approximate surface area is 91.9 Å². The Kier molecular flexibility index (Phi) is 4.76. The fourth-order valence-corrected chi connectivity index (χ4v) is 1.57. The van der Waals surface area contributed by atoms with Gasteiger partial charge in [-0.1, -0.05) is 35.9 Å². The number of aliphatic hydroxyl groups is 1. The van der Waals surface area contributed by atoms with Crippen LogP contribution >= 0.6 is 0 Å². The molecule has 0 saturated carbocycles. The van der Waals surface area contributed by atoms with E-state index in [2.05, 4.69) is 0 Å². The van der Waals surface area contributed by atoms with Gasteiger partial charge in [-0.25, -0.2) is 0 Å². The summed E-state index contributed by atoms with van der Waals surface area (Å²) in [7, 11) is 0. The van der Waals surface area contributed by atoms with Gasteiger partial charge >= 0.3 is 19.5 Å². The van der Waals surface area contributed by atoms with Crippen molar-refractivity contribution in [3.63, 3.8) is 0 Å². The van der Waals surface area contributed by atoms with Crippen LogP contribution in [0.3, 0.4) is 0 Å². The van der Waals surface area contributed by atoms with Crippen LogP contribution in [0.2, 0.25) is 0 Å². The van der Waals surface area contributed by atoms with Gasteiger partial charge in [0.2, 0.25) is 0 Å². The van der Waals surface area contributed by atoms with E-state index in [-0.39, 0.29) is 26.9 Å². The average Bonchev–Trinajstić information content (AvgIpc) is 2.30. The van der Waals surface area contributed by atoms with Gasteiger partial charge in [-0.15, -0.1) is 0 Å². The van der Waals surface area contributed by atoms with Crippen LogP contribution in [0.1, 0.15) is 17.2 Å². The molecule has 0 fully saturated rings. The molecule has 0 aromatic heterocycles. The van der Waals surface area contributed by atoms with Crippen LogP contribution in [0.25, 0.3) is 5.73 Å². The van der Waals surface area contributed by atoms with Crippen molar-refractivity contribution in [1.82, 2.24) is 0 Å². The molecule has 0 radical (unpaired) electrons. The standard InChI is InChI=1S/C9H10NO.CH3.Ru/c10-9-7-4-2-1-3-6(7)5-8(9)11;;/h1-4,8-11H,5H2;1H3;/q2*-1;+2/t8-,9+;;/m1../s1. The summed E-state index contributed by atoms with van der Waals surface area (Å²) in [6, 6.07) is 7.34. The maximum absolute atomic E-state index is 9.33. The van der Waals surface area contributed by atoms with Crippen molar-refractivity contribution < 1.29 is 24.6 Å². The zero-order chi connectivity index (χ0) is 7.84. The maximum atomic E-state index is 9.33. The molecule has 0 amide bonds. The first-order valence-corrected chi connectivity index (χ1v) is 3.76. The topological polar surface area (TPSA) is 44.0 Å². The molecule has 0 saturated heterocycles. The number of hydrogen-bond acceptors (Lipinski definition) is 1. The molecule has 1 aliphatic carbocycles. The third-order valence-corrected chi connectivity index (χ3v) is 2.20. The summed E-state index contributed by atoms with van der Waals surface area (Å²) in [5, 5.41) is 9.33. The Bertz CT molecular complexity index is 277. The Balaban J connectivity index is 0.000000720. The monoisotopic (exact) mass is 265 g/mol. The number of nitrogens with one attached hydrogen (secondary N) is 1. The summed E-state index contributed by atoms with van der Waals surface area (Å²) in [6.45, 7) is 0. The molecule has 0 bridgehead atoms. The van der Waals surface area contributed by atoms with Crippen molar-refractivity contribution in [3.05, 3.63) is 48.6 Å². The molecule has 2 N–H and O–H groups in total. The van der Waals surface area contributed by atoms with Gasteiger partial charge in [-0.05, 0) is 12.0 Å². The Morgan fingerprint density at radius 2 is 1.92 bits per heavy atom. The van der Waals surface area contributed by atoms with Crippen LogP contribution in [0.4, 0.5) is 0 Å². The fourth-order valence-electron chi connectivity index (χ4n) is 1.57. The normalized spacial score (nSPS) is 24.2. The van der Waals surface area contributed by atoms with E-state index in [0.717, 1.165) is 11.1 Å². The number of aliphatic hydroxyl groups excluding tert-OH is 1. The van der Waals surface area contributed by atoms with E-state index < -0.39 is 12.1 Å². The predicted molar refractivity (Wildman–Crippen MR) is 49.6 cm³/mol. The first kappa shape index (κ1) is 12.8. The first-order valence-electron chi connectivity index (χ1n) is 3.76. The van der Waals surface area contributed by atoms with Gasteiger partial charge in [-0.3, -0.25) is 0 Å². The summed E-state index contributed by atoms with van der Waals surface area (Å²) in [6.07, 6.45) is 0.150. The minimum Gasteiger partial charge on any atom is -0.669 e. The van der Waals surface area contributed by atoms with E-state index in [4.69, 9.17) is 5.73 Å². The van der Waals surface area contributed by atoms with Crippen molar-refractivity contribution in [1.29, 1.82) is 0 Å². The number of fused-ring (bicyclic) bond motifs is 1. The van der Waals surface area contributed by atoms with Crippen molar-refractivity contribution in [2.45, 2.75) is 18.6 Å². The Morgan fingerprint density at radius 3 is 2.54 bits per heavy atom. The van der Waals surface area contributed by atoms with Crippen molar-refractivity contribution in [3.8, 4) is 0 Å². The predicted octanol–water partition coefficient (Wildman–Crippen LogP) is 2.14. The van der Waals surface area contributed by atoms with Crippen LogP contribution < -0.4 is 0 Å². The second-order valence-electron chi connectivity index (χ2n) is 2.95. The van der Waals surface area contributed by atoms with Gasteiger partial charge < -0.3 is 18.3 Å². The van der Waals surface area contributed by atoms with E-state index >= 15 is 0 Å². The third kappa shape index (κ3) is 2.16. The van der Waals surface area contributed by atoms with Gasteiger partial charge in [0.15, 0.2) is 0 Å². The van der Waals surface area contributed by atoms with Gasteiger partial charge in [0, 0.05) is 6.10 Å². The summed E-state index contributed by atoms with van der Waals surface area (Å²) >= 11 is 0. The molecule has 0 aliphatic heterocycles. The Morgan fingerprint density at radius 1 is 1.31 bits per heavy atom. The van der Waals surface area contributed by atoms with Gasteiger partial charge in [0.05, 0.1) is 0 Å². The molecule has 2 rings (SSSR count). The zero-order valence-corrected chi connectivity index (χ0v) is 9.21. The second kappa shape index (κ2) is 4.85. The molecule has 1 aromatic carbocycles. The first-order chi connectivity index (χ1) is 5.29. The smallest absolute Gasteiger partial charge is 0.669 e. The van der Waals surface area contributed by atoms with Gasteiger partial charge in [0.1, 0.15) is 0 Å². The van der Waals surface area contributed by atoms with Crippen molar-refractivity contribution in [2.24, 2.45) is 0 Å². The largest absolute Gasteiger partial charge is 2.00 e. The minimum atomic E-state index is -0.493. The summed E-state index contributed by atoms with van der Waals surface area (Å²) in [5.74, 6) is 0. The summed E-state index contributed by atoms with van der Waals surface area (Å²) in [5.41, 5.74) is 9.68. The number of hydrogen-bond donors (Lipinski definition) is 1. The molecule has 72 valence electrons. The quantitative estimate of drug-likeness (QED) is 0.566. The van der Waals surface area contributed by atoms with E-state index in [0.29, 0.717) is 6.42 Å². The molecule has 2 atom stereocenters. The maximum Gasteiger partial charge on any atom is 2.00 e. The molecule has 1 aromatic rings. The average molecular weight is 264 g/mol. The molecule has 0 unspecified atom stereocenters. The minimum absolute atomic E-state index is 0. The summed E-state index contributed by atoms with van der Waals surface area (Å²) in [4.78, 5) is 0. The number of benzene rings is 1. The molecular weight excluding hydrogens is 251 g/mol. The fraction of sp³-hybridized carbons (Fsp3) is 0.300. The summed E-state index contributed by atoms with van der Waals surface area (Å²) < 4.78 is 0. The molecule has 3 heteroatoms. The van der Waals surface area contributed by atoms with E-state index in [9.17, 15) is 5.11 Å². The SMILES string of the molecule is [CH3-].[NH-][C@H]1c2ccccc2C[C@H]1O.[Ru+2]. The van der Waals surface area contributed by atoms with E-state index in [1.807, 2.05) is 24.3 Å². The van der Waals surface area contributed by atoms with Crippen LogP contribution in [0.5, 0.6) is 0 Å². The van der Waals surface area contributed by atoms with Crippen molar-refractivity contribution in [2.75, 3.05) is 0 Å². The van der Waals surface area contributed by atoms with Crippen molar-refractivity contribution >= 4 is 0 Å². The molecule has 0 spiro atoms. The molecule has 2 nitrogen and oxygen atoms in total. The molecular formula is C10H13NORu. The van der Waals surface area contributed by atoms with E-state index in [1.165, 1.54) is 0 Å². The number of rotatable bonds is 0. The van der Waals surface area contributed by atoms with Gasteiger partial charge in [0.25, 0.3) is 0 Å². The van der Waals surface area contributed by atoms with Crippen LogP contribution in [-0.4, -0.2) is 11.2 Å². The van der Waals surface area contributed by atoms with Gasteiger partial charge in [-0.2, -0.15) is 0 Å². The zero-order valence-electron chi connectivity index (χ0n) is 7.47. The molecule has 0 heterocycles. The van der Waals surface area contributed by atoms with Crippen LogP contribution in [0.15, 0.2) is 24.3 Å².